The molecular weight excluding hydrogens is 644 g/mol. The lowest BCUT2D eigenvalue weighted by atomic mass is 9.86. The van der Waals surface area contributed by atoms with Crippen molar-refractivity contribution in [2.45, 2.75) is 76.0 Å². The van der Waals surface area contributed by atoms with Crippen LogP contribution in [0, 0.1) is 5.92 Å². The average molecular weight is 697 g/mol. The zero-order chi connectivity index (χ0) is 35.4. The van der Waals surface area contributed by atoms with Gasteiger partial charge in [-0.3, -0.25) is 9.69 Å². The molecule has 1 aromatic heterocycles. The molecule has 3 atom stereocenters. The SMILES string of the molecule is O=C(NC(c1ccccc1)c1ccc(OCCCCCCCCCNC[C@H](O)c2ccc(O)c3[nH]c(=O)ccc23)cc1)O[C@H]1CN2CCC1CC2. The van der Waals surface area contributed by atoms with E-state index in [0.717, 1.165) is 81.6 Å². The first kappa shape index (κ1) is 36.4. The van der Waals surface area contributed by atoms with Crippen LogP contribution in [0.3, 0.4) is 0 Å². The molecule has 0 aliphatic carbocycles. The molecule has 3 aliphatic heterocycles. The van der Waals surface area contributed by atoms with E-state index in [2.05, 4.69) is 20.5 Å². The fourth-order valence-electron chi connectivity index (χ4n) is 7.42. The van der Waals surface area contributed by atoms with Crippen molar-refractivity contribution >= 4 is 17.0 Å². The highest BCUT2D eigenvalue weighted by molar-refractivity contribution is 5.87. The summed E-state index contributed by atoms with van der Waals surface area (Å²) in [7, 11) is 0. The van der Waals surface area contributed by atoms with Gasteiger partial charge in [0, 0.05) is 24.5 Å². The third-order valence-electron chi connectivity index (χ3n) is 10.3. The average Bonchev–Trinajstić information content (AvgIpc) is 3.15. The predicted molar refractivity (Wildman–Crippen MR) is 199 cm³/mol. The molecule has 1 amide bonds. The fourth-order valence-corrected chi connectivity index (χ4v) is 7.42. The molecule has 3 aromatic carbocycles. The monoisotopic (exact) mass is 696 g/mol. The summed E-state index contributed by atoms with van der Waals surface area (Å²) in [6, 6.07) is 23.9. The van der Waals surface area contributed by atoms with Crippen LogP contribution in [0.4, 0.5) is 4.79 Å². The molecule has 0 spiro atoms. The van der Waals surface area contributed by atoms with Gasteiger partial charge in [-0.1, -0.05) is 80.6 Å². The molecule has 3 fully saturated rings. The summed E-state index contributed by atoms with van der Waals surface area (Å²) in [5, 5.41) is 27.9. The van der Waals surface area contributed by atoms with E-state index < -0.39 is 6.10 Å². The Morgan fingerprint density at radius 3 is 2.29 bits per heavy atom. The van der Waals surface area contributed by atoms with Crippen LogP contribution in [0.25, 0.3) is 10.9 Å². The van der Waals surface area contributed by atoms with Crippen LogP contribution in [0.1, 0.15) is 86.6 Å². The van der Waals surface area contributed by atoms with E-state index in [1.807, 2.05) is 54.6 Å². The number of hydrogen-bond donors (Lipinski definition) is 5. The highest BCUT2D eigenvalue weighted by Gasteiger charge is 2.36. The Balaban J connectivity index is 0.839. The van der Waals surface area contributed by atoms with E-state index in [4.69, 9.17) is 9.47 Å². The van der Waals surface area contributed by atoms with Gasteiger partial charge in [0.15, 0.2) is 0 Å². The number of ether oxygens (including phenoxy) is 2. The number of phenolic OH excluding ortho intramolecular Hbond substituents is 1. The first-order valence-corrected chi connectivity index (χ1v) is 18.7. The fraction of sp³-hybridized carbons (Fsp3) is 0.463. The molecule has 10 nitrogen and oxygen atoms in total. The Kier molecular flexibility index (Phi) is 13.0. The number of H-pyrrole nitrogens is 1. The summed E-state index contributed by atoms with van der Waals surface area (Å²) in [5.74, 6) is 1.28. The number of hydrogen-bond acceptors (Lipinski definition) is 8. The van der Waals surface area contributed by atoms with Gasteiger partial charge in [0.25, 0.3) is 0 Å². The summed E-state index contributed by atoms with van der Waals surface area (Å²) >= 11 is 0. The van der Waals surface area contributed by atoms with Crippen molar-refractivity contribution in [3.63, 3.8) is 0 Å². The highest BCUT2D eigenvalue weighted by Crippen LogP contribution is 2.31. The highest BCUT2D eigenvalue weighted by atomic mass is 16.6. The number of aromatic nitrogens is 1. The number of aromatic amines is 1. The Labute approximate surface area is 300 Å². The molecule has 4 heterocycles. The minimum Gasteiger partial charge on any atom is -0.506 e. The molecule has 4 aromatic rings. The molecule has 51 heavy (non-hydrogen) atoms. The zero-order valence-corrected chi connectivity index (χ0v) is 29.4. The smallest absolute Gasteiger partial charge is 0.408 e. The van der Waals surface area contributed by atoms with Crippen molar-refractivity contribution in [2.75, 3.05) is 39.3 Å². The van der Waals surface area contributed by atoms with Gasteiger partial charge in [0.1, 0.15) is 17.6 Å². The number of aliphatic hydroxyl groups excluding tert-OH is 1. The Hall–Kier alpha value is -4.38. The predicted octanol–water partition coefficient (Wildman–Crippen LogP) is 6.58. The van der Waals surface area contributed by atoms with Gasteiger partial charge in [0.05, 0.1) is 24.3 Å². The summed E-state index contributed by atoms with van der Waals surface area (Å²) in [6.45, 7) is 4.95. The minimum absolute atomic E-state index is 0.00780. The number of aromatic hydroxyl groups is 1. The van der Waals surface area contributed by atoms with E-state index in [9.17, 15) is 19.8 Å². The first-order chi connectivity index (χ1) is 24.9. The lowest BCUT2D eigenvalue weighted by molar-refractivity contribution is -0.0336. The topological polar surface area (TPSA) is 136 Å². The Morgan fingerprint density at radius 2 is 1.57 bits per heavy atom. The van der Waals surface area contributed by atoms with Crippen LogP contribution < -0.4 is 20.9 Å². The zero-order valence-electron chi connectivity index (χ0n) is 29.4. The number of pyridine rings is 1. The van der Waals surface area contributed by atoms with Crippen LogP contribution in [0.15, 0.2) is 83.7 Å². The quantitative estimate of drug-likeness (QED) is 0.0737. The van der Waals surface area contributed by atoms with E-state index >= 15 is 0 Å². The van der Waals surface area contributed by atoms with E-state index in [-0.39, 0.29) is 29.5 Å². The van der Waals surface area contributed by atoms with Crippen LogP contribution in [-0.4, -0.2) is 71.6 Å². The molecule has 272 valence electrons. The Bertz CT molecular complexity index is 1740. The second-order valence-electron chi connectivity index (χ2n) is 14.0. The lowest BCUT2D eigenvalue weighted by Gasteiger charge is -2.43. The molecule has 3 saturated heterocycles. The van der Waals surface area contributed by atoms with Crippen LogP contribution in [0.2, 0.25) is 0 Å². The van der Waals surface area contributed by atoms with Crippen LogP contribution >= 0.6 is 0 Å². The summed E-state index contributed by atoms with van der Waals surface area (Å²) < 4.78 is 12.0. The number of piperidine rings is 3. The van der Waals surface area contributed by atoms with Crippen LogP contribution in [-0.2, 0) is 4.74 Å². The van der Waals surface area contributed by atoms with Gasteiger partial charge in [-0.15, -0.1) is 0 Å². The molecule has 1 unspecified atom stereocenters. The maximum Gasteiger partial charge on any atom is 0.408 e. The lowest BCUT2D eigenvalue weighted by Crippen LogP contribution is -2.52. The third-order valence-corrected chi connectivity index (χ3v) is 10.3. The molecule has 5 N–H and O–H groups in total. The molecule has 0 saturated carbocycles. The standard InChI is InChI=1S/C41H52N4O6/c46-35-19-17-33(34-18-20-38(48)43-40(34)35)36(47)27-42-23-9-4-2-1-3-5-10-26-50-32-15-13-31(14-16-32)39(30-11-7-6-8-12-30)44-41(49)51-37-28-45-24-21-29(37)22-25-45/h6-8,11-20,29,36-37,39,42,46-47H,1-5,9-10,21-28H2,(H,43,48)(H,44,49)/t36-,37-,39?/m0/s1. The van der Waals surface area contributed by atoms with E-state index in [1.54, 1.807) is 12.1 Å². The van der Waals surface area contributed by atoms with Gasteiger partial charge in [0.2, 0.25) is 5.56 Å². The number of nitrogens with one attached hydrogen (secondary N) is 3. The number of carbonyl (C=O) groups is 1. The number of fused-ring (bicyclic) bond motifs is 4. The maximum atomic E-state index is 13.1. The number of amides is 1. The van der Waals surface area contributed by atoms with Crippen molar-refractivity contribution in [3.05, 3.63) is 106 Å². The first-order valence-electron chi connectivity index (χ1n) is 18.7. The molecule has 3 aliphatic rings. The normalized spacial score (nSPS) is 19.4. The maximum absolute atomic E-state index is 13.1. The number of alkyl carbamates (subject to hydrolysis) is 1. The summed E-state index contributed by atoms with van der Waals surface area (Å²) in [4.78, 5) is 29.7. The minimum atomic E-state index is -0.738. The number of carbonyl (C=O) groups excluding carboxylic acids is 1. The van der Waals surface area contributed by atoms with Crippen molar-refractivity contribution in [1.82, 2.24) is 20.5 Å². The van der Waals surface area contributed by atoms with Gasteiger partial charge in [-0.05, 0) is 92.2 Å². The molecule has 2 bridgehead atoms. The second kappa shape index (κ2) is 18.2. The molecule has 0 radical (unpaired) electrons. The summed E-state index contributed by atoms with van der Waals surface area (Å²) in [5.41, 5.74) is 2.72. The van der Waals surface area contributed by atoms with Gasteiger partial charge in [-0.2, -0.15) is 0 Å². The second-order valence-corrected chi connectivity index (χ2v) is 14.0. The van der Waals surface area contributed by atoms with Gasteiger partial charge in [-0.25, -0.2) is 4.79 Å². The number of aliphatic hydroxyl groups is 1. The van der Waals surface area contributed by atoms with Gasteiger partial charge >= 0.3 is 6.09 Å². The third kappa shape index (κ3) is 10.1. The molecule has 7 rings (SSSR count). The van der Waals surface area contributed by atoms with E-state index in [0.29, 0.717) is 35.5 Å². The number of phenols is 1. The largest absolute Gasteiger partial charge is 0.506 e. The van der Waals surface area contributed by atoms with Gasteiger partial charge < -0.3 is 35.3 Å². The molecule has 10 heteroatoms. The molecular formula is C41H52N4O6. The van der Waals surface area contributed by atoms with Crippen molar-refractivity contribution in [2.24, 2.45) is 5.92 Å². The summed E-state index contributed by atoms with van der Waals surface area (Å²) in [6.07, 6.45) is 8.88. The number of unbranched alkanes of at least 4 members (excludes halogenated alkanes) is 6. The number of nitrogens with zero attached hydrogens (tertiary/aromatic N) is 1. The van der Waals surface area contributed by atoms with E-state index in [1.165, 1.54) is 31.4 Å². The van der Waals surface area contributed by atoms with Crippen molar-refractivity contribution < 1.29 is 24.5 Å². The number of rotatable bonds is 18. The van der Waals surface area contributed by atoms with Crippen LogP contribution in [0.5, 0.6) is 11.5 Å². The van der Waals surface area contributed by atoms with Crippen molar-refractivity contribution in [3.8, 4) is 11.5 Å². The Morgan fingerprint density at radius 1 is 0.863 bits per heavy atom. The van der Waals surface area contributed by atoms with Crippen molar-refractivity contribution in [1.29, 1.82) is 0 Å². The number of benzene rings is 3.